The Morgan fingerprint density at radius 2 is 2.18 bits per heavy atom. The predicted octanol–water partition coefficient (Wildman–Crippen LogP) is -3.58. The van der Waals surface area contributed by atoms with E-state index in [1.807, 2.05) is 0 Å². The van der Waals surface area contributed by atoms with Crippen molar-refractivity contribution in [1.29, 1.82) is 0 Å². The zero-order valence-corrected chi connectivity index (χ0v) is 20.4. The van der Waals surface area contributed by atoms with Crippen LogP contribution in [-0.4, -0.2) is 66.0 Å². The number of β-lactam (4-membered cyclic amide) rings is 1. The van der Waals surface area contributed by atoms with Gasteiger partial charge in [-0.05, 0) is 17.7 Å². The summed E-state index contributed by atoms with van der Waals surface area (Å²) in [5, 5.41) is 39.4. The summed E-state index contributed by atoms with van der Waals surface area (Å²) in [6.07, 6.45) is 2.80. The van der Waals surface area contributed by atoms with Crippen LogP contribution in [0.25, 0.3) is 6.08 Å². The Morgan fingerprint density at radius 1 is 1.42 bits per heavy atom. The number of nitrogens with two attached hydrogens (primary N) is 1. The molecule has 4 rings (SSSR count). The first-order valence-corrected chi connectivity index (χ1v) is 10.7. The molecule has 2 aliphatic rings. The van der Waals surface area contributed by atoms with Crippen molar-refractivity contribution in [3.05, 3.63) is 40.2 Å². The van der Waals surface area contributed by atoms with E-state index in [2.05, 4.69) is 20.6 Å². The van der Waals surface area contributed by atoms with Crippen molar-refractivity contribution < 1.29 is 63.9 Å². The molecule has 2 amide bonds. The van der Waals surface area contributed by atoms with Gasteiger partial charge in [0.05, 0.1) is 0 Å². The SMILES string of the molecule is Nc1nc(/C(=N/O)C(=O)NC2C(=O)N3C(C(=O)O)=C(/C=C/c4cc([O-])no4)CSC23)cs1.[Na+]. The Morgan fingerprint density at radius 3 is 2.76 bits per heavy atom. The fourth-order valence-corrected chi connectivity index (χ4v) is 4.99. The summed E-state index contributed by atoms with van der Waals surface area (Å²) < 4.78 is 4.77. The van der Waals surface area contributed by atoms with Crippen molar-refractivity contribution in [2.45, 2.75) is 11.4 Å². The number of thioether (sulfide) groups is 1. The van der Waals surface area contributed by atoms with Crippen LogP contribution >= 0.6 is 23.1 Å². The van der Waals surface area contributed by atoms with Crippen molar-refractivity contribution in [2.24, 2.45) is 5.16 Å². The normalized spacial score (nSPS) is 20.3. The molecule has 2 unspecified atom stereocenters. The third kappa shape index (κ3) is 4.77. The van der Waals surface area contributed by atoms with E-state index in [0.717, 1.165) is 22.3 Å². The van der Waals surface area contributed by atoms with E-state index in [-0.39, 0.29) is 57.6 Å². The molecule has 0 radical (unpaired) electrons. The monoisotopic (exact) mass is 500 g/mol. The van der Waals surface area contributed by atoms with Gasteiger partial charge in [-0.3, -0.25) is 14.5 Å². The number of nitrogen functional groups attached to an aromatic ring is 1. The number of aliphatic carboxylic acids is 1. The first-order chi connectivity index (χ1) is 15.3. The number of carbonyl (C=O) groups is 3. The number of hydrogen-bond donors (Lipinski definition) is 4. The first-order valence-electron chi connectivity index (χ1n) is 8.77. The number of carboxylic acids is 1. The molecule has 166 valence electrons. The number of allylic oxidation sites excluding steroid dienone is 1. The first kappa shape index (κ1) is 24.8. The minimum atomic E-state index is -1.33. The van der Waals surface area contributed by atoms with Crippen LogP contribution < -0.4 is 45.7 Å². The maximum Gasteiger partial charge on any atom is 1.00 e. The second-order valence-electron chi connectivity index (χ2n) is 6.46. The molecule has 0 saturated carbocycles. The van der Waals surface area contributed by atoms with Gasteiger partial charge in [0, 0.05) is 17.0 Å². The van der Waals surface area contributed by atoms with Crippen LogP contribution in [0.15, 0.2) is 38.5 Å². The van der Waals surface area contributed by atoms with Crippen molar-refractivity contribution in [3.63, 3.8) is 0 Å². The van der Waals surface area contributed by atoms with Gasteiger partial charge < -0.3 is 31.0 Å². The number of nitrogens with zero attached hydrogens (tertiary/aromatic N) is 4. The molecule has 0 aromatic carbocycles. The van der Waals surface area contributed by atoms with Crippen LogP contribution in [-0.2, 0) is 14.4 Å². The summed E-state index contributed by atoms with van der Waals surface area (Å²) in [7, 11) is 0. The van der Waals surface area contributed by atoms with Gasteiger partial charge in [-0.25, -0.2) is 9.78 Å². The van der Waals surface area contributed by atoms with E-state index in [0.29, 0.717) is 5.57 Å². The fourth-order valence-electron chi connectivity index (χ4n) is 3.12. The molecule has 2 atom stereocenters. The summed E-state index contributed by atoms with van der Waals surface area (Å²) in [5.41, 5.74) is 5.21. The van der Waals surface area contributed by atoms with Gasteiger partial charge in [-0.2, -0.15) is 0 Å². The Hall–Kier alpha value is -2.85. The third-order valence-corrected chi connectivity index (χ3v) is 6.50. The second-order valence-corrected chi connectivity index (χ2v) is 8.46. The van der Waals surface area contributed by atoms with Gasteiger partial charge in [0.25, 0.3) is 11.8 Å². The van der Waals surface area contributed by atoms with E-state index < -0.39 is 40.8 Å². The Labute approximate surface area is 215 Å². The molecule has 33 heavy (non-hydrogen) atoms. The largest absolute Gasteiger partial charge is 1.00 e. The number of hydrogen-bond acceptors (Lipinski definition) is 12. The summed E-state index contributed by atoms with van der Waals surface area (Å²) >= 11 is 2.27. The van der Waals surface area contributed by atoms with Gasteiger partial charge in [0.15, 0.2) is 16.6 Å². The molecule has 0 aliphatic carbocycles. The average Bonchev–Trinajstić information content (AvgIpc) is 3.38. The average molecular weight is 500 g/mol. The number of carbonyl (C=O) groups excluding carboxylic acids is 2. The summed E-state index contributed by atoms with van der Waals surface area (Å²) in [6.45, 7) is 0. The number of nitrogens with one attached hydrogen (secondary N) is 1. The van der Waals surface area contributed by atoms with E-state index in [1.54, 1.807) is 0 Å². The Bertz CT molecular complexity index is 1210. The smallest absolute Gasteiger partial charge is 0.856 e. The second kappa shape index (κ2) is 9.96. The third-order valence-electron chi connectivity index (χ3n) is 4.52. The fraction of sp³-hybridized carbons (Fsp3) is 0.176. The number of fused-ring (bicyclic) bond motifs is 1. The zero-order chi connectivity index (χ0) is 23.0. The number of aromatic nitrogens is 2. The molecule has 0 spiro atoms. The summed E-state index contributed by atoms with van der Waals surface area (Å²) in [4.78, 5) is 42.0. The van der Waals surface area contributed by atoms with Crippen LogP contribution in [0.5, 0.6) is 5.88 Å². The molecule has 4 heterocycles. The van der Waals surface area contributed by atoms with E-state index >= 15 is 0 Å². The van der Waals surface area contributed by atoms with Gasteiger partial charge in [-0.1, -0.05) is 16.4 Å². The Balaban J connectivity index is 0.00000306. The van der Waals surface area contributed by atoms with Crippen LogP contribution in [0.2, 0.25) is 0 Å². The quantitative estimate of drug-likeness (QED) is 0.100. The maximum atomic E-state index is 12.7. The molecule has 2 aromatic heterocycles. The standard InChI is InChI=1S/C17H14N6O7S2.Na/c18-17-19-8(5-32-17)10(21-29)13(25)20-11-14(26)23-12(16(27)28)6(4-31-15(11)23)1-2-7-3-9(24)22-30-7;/h1-3,5,11,15,29H,4H2,(H2,18,19)(H,20,25)(H,22,24)(H,27,28);/q;+1/p-1/b2-1+,21-10-;. The topological polar surface area (TPSA) is 207 Å². The molecule has 2 aromatic rings. The number of oxime groups is 1. The van der Waals surface area contributed by atoms with Gasteiger partial charge in [-0.15, -0.1) is 23.1 Å². The van der Waals surface area contributed by atoms with Gasteiger partial charge in [0.1, 0.15) is 22.8 Å². The number of thiazole rings is 1. The van der Waals surface area contributed by atoms with Gasteiger partial charge in [0.2, 0.25) is 0 Å². The van der Waals surface area contributed by atoms with Crippen molar-refractivity contribution in [2.75, 3.05) is 11.5 Å². The van der Waals surface area contributed by atoms with Crippen molar-refractivity contribution >= 4 is 57.8 Å². The molecule has 13 nitrogen and oxygen atoms in total. The molecular weight excluding hydrogens is 487 g/mol. The number of amides is 2. The van der Waals surface area contributed by atoms with Crippen LogP contribution in [0, 0.1) is 0 Å². The van der Waals surface area contributed by atoms with Gasteiger partial charge >= 0.3 is 35.5 Å². The number of anilines is 1. The van der Waals surface area contributed by atoms with Crippen molar-refractivity contribution in [3.8, 4) is 5.88 Å². The number of rotatable bonds is 6. The Kier molecular flexibility index (Phi) is 7.48. The molecule has 2 aliphatic heterocycles. The predicted molar refractivity (Wildman–Crippen MR) is 110 cm³/mol. The van der Waals surface area contributed by atoms with E-state index in [4.69, 9.17) is 10.3 Å². The van der Waals surface area contributed by atoms with Crippen LogP contribution in [0.3, 0.4) is 0 Å². The summed E-state index contributed by atoms with van der Waals surface area (Å²) in [6, 6.07) is 0.102. The molecule has 5 N–H and O–H groups in total. The summed E-state index contributed by atoms with van der Waals surface area (Å²) in [5.74, 6) is -3.06. The number of carboxylic acid groups (broad SMARTS) is 1. The minimum absolute atomic E-state index is 0. The molecular formula is C17H13N6NaO7S2. The zero-order valence-electron chi connectivity index (χ0n) is 16.8. The van der Waals surface area contributed by atoms with Crippen molar-refractivity contribution in [1.82, 2.24) is 20.4 Å². The molecule has 16 heteroatoms. The van der Waals surface area contributed by atoms with Crippen LogP contribution in [0.1, 0.15) is 11.5 Å². The maximum absolute atomic E-state index is 12.7. The molecule has 0 bridgehead atoms. The molecule has 1 saturated heterocycles. The minimum Gasteiger partial charge on any atom is -0.856 e. The van der Waals surface area contributed by atoms with E-state index in [1.165, 1.54) is 29.3 Å². The van der Waals surface area contributed by atoms with E-state index in [9.17, 15) is 29.8 Å². The van der Waals surface area contributed by atoms with Crippen LogP contribution in [0.4, 0.5) is 5.13 Å². The molecule has 1 fully saturated rings.